The molecule has 1 aromatic carbocycles. The van der Waals surface area contributed by atoms with Crippen LogP contribution in [0.5, 0.6) is 0 Å². The van der Waals surface area contributed by atoms with E-state index < -0.39 is 0 Å². The van der Waals surface area contributed by atoms with Crippen LogP contribution < -0.4 is 0 Å². The van der Waals surface area contributed by atoms with Crippen molar-refractivity contribution in [3.05, 3.63) is 35.9 Å². The SMILES string of the molecule is O=C1CCC(N2CCCCC2CO)CCN1Cc1ccccc1. The Morgan fingerprint density at radius 3 is 2.65 bits per heavy atom. The Labute approximate surface area is 139 Å². The van der Waals surface area contributed by atoms with E-state index in [1.165, 1.54) is 18.4 Å². The van der Waals surface area contributed by atoms with Gasteiger partial charge in [-0.1, -0.05) is 36.8 Å². The van der Waals surface area contributed by atoms with E-state index in [0.29, 0.717) is 18.5 Å². The molecular formula is C19H28N2O2. The Morgan fingerprint density at radius 1 is 1.04 bits per heavy atom. The van der Waals surface area contributed by atoms with Gasteiger partial charge in [0.15, 0.2) is 0 Å². The first-order chi connectivity index (χ1) is 11.3. The van der Waals surface area contributed by atoms with Crippen molar-refractivity contribution < 1.29 is 9.90 Å². The third-order valence-corrected chi connectivity index (χ3v) is 5.35. The largest absolute Gasteiger partial charge is 0.395 e. The van der Waals surface area contributed by atoms with Crippen molar-refractivity contribution in [2.75, 3.05) is 19.7 Å². The fourth-order valence-electron chi connectivity index (χ4n) is 4.02. The Balaban J connectivity index is 1.62. The fraction of sp³-hybridized carbons (Fsp3) is 0.632. The molecular weight excluding hydrogens is 288 g/mol. The average molecular weight is 316 g/mol. The molecule has 0 radical (unpaired) electrons. The van der Waals surface area contributed by atoms with E-state index in [9.17, 15) is 9.90 Å². The van der Waals surface area contributed by atoms with Gasteiger partial charge < -0.3 is 10.0 Å². The number of rotatable bonds is 4. The third kappa shape index (κ3) is 4.12. The number of aliphatic hydroxyl groups is 1. The summed E-state index contributed by atoms with van der Waals surface area (Å²) < 4.78 is 0. The quantitative estimate of drug-likeness (QED) is 0.928. The normalized spacial score (nSPS) is 27.0. The van der Waals surface area contributed by atoms with Crippen LogP contribution in [0, 0.1) is 0 Å². The van der Waals surface area contributed by atoms with Crippen molar-refractivity contribution in [2.24, 2.45) is 0 Å². The molecule has 0 aromatic heterocycles. The zero-order valence-electron chi connectivity index (χ0n) is 13.9. The highest BCUT2D eigenvalue weighted by Crippen LogP contribution is 2.26. The Kier molecular flexibility index (Phi) is 5.68. The summed E-state index contributed by atoms with van der Waals surface area (Å²) in [6.07, 6.45) is 6.11. The van der Waals surface area contributed by atoms with Crippen LogP contribution in [0.2, 0.25) is 0 Å². The lowest BCUT2D eigenvalue weighted by atomic mass is 9.97. The summed E-state index contributed by atoms with van der Waals surface area (Å²) in [7, 11) is 0. The van der Waals surface area contributed by atoms with Gasteiger partial charge in [-0.15, -0.1) is 0 Å². The molecule has 0 spiro atoms. The summed E-state index contributed by atoms with van der Waals surface area (Å²) in [5.41, 5.74) is 1.20. The number of hydrogen-bond acceptors (Lipinski definition) is 3. The van der Waals surface area contributed by atoms with Crippen LogP contribution in [0.4, 0.5) is 0 Å². The minimum Gasteiger partial charge on any atom is -0.395 e. The van der Waals surface area contributed by atoms with E-state index in [2.05, 4.69) is 17.0 Å². The van der Waals surface area contributed by atoms with Crippen molar-refractivity contribution in [2.45, 2.75) is 57.2 Å². The van der Waals surface area contributed by atoms with Crippen molar-refractivity contribution in [3.8, 4) is 0 Å². The summed E-state index contributed by atoms with van der Waals surface area (Å²) in [6, 6.07) is 11.0. The lowest BCUT2D eigenvalue weighted by molar-refractivity contribution is -0.131. The van der Waals surface area contributed by atoms with Crippen LogP contribution in [-0.2, 0) is 11.3 Å². The summed E-state index contributed by atoms with van der Waals surface area (Å²) in [5.74, 6) is 0.272. The second-order valence-electron chi connectivity index (χ2n) is 6.85. The number of carbonyl (C=O) groups is 1. The Bertz CT molecular complexity index is 505. The van der Waals surface area contributed by atoms with Crippen LogP contribution >= 0.6 is 0 Å². The summed E-state index contributed by atoms with van der Waals surface area (Å²) >= 11 is 0. The van der Waals surface area contributed by atoms with Gasteiger partial charge in [-0.25, -0.2) is 0 Å². The number of hydrogen-bond donors (Lipinski definition) is 1. The molecule has 4 nitrogen and oxygen atoms in total. The molecule has 2 fully saturated rings. The molecule has 0 bridgehead atoms. The van der Waals surface area contributed by atoms with Gasteiger partial charge in [0.1, 0.15) is 0 Å². The number of carbonyl (C=O) groups excluding carboxylic acids is 1. The Morgan fingerprint density at radius 2 is 1.87 bits per heavy atom. The minimum absolute atomic E-state index is 0.248. The van der Waals surface area contributed by atoms with E-state index in [-0.39, 0.29) is 12.5 Å². The molecule has 1 amide bonds. The molecule has 2 heterocycles. The molecule has 4 heteroatoms. The molecule has 2 aliphatic rings. The van der Waals surface area contributed by atoms with Crippen LogP contribution in [-0.4, -0.2) is 52.6 Å². The molecule has 1 aromatic rings. The van der Waals surface area contributed by atoms with Gasteiger partial charge in [0.2, 0.25) is 5.91 Å². The van der Waals surface area contributed by atoms with E-state index in [0.717, 1.165) is 38.9 Å². The lowest BCUT2D eigenvalue weighted by Gasteiger charge is -2.40. The van der Waals surface area contributed by atoms with Crippen LogP contribution in [0.3, 0.4) is 0 Å². The lowest BCUT2D eigenvalue weighted by Crippen LogP contribution is -2.48. The van der Waals surface area contributed by atoms with E-state index >= 15 is 0 Å². The molecule has 2 unspecified atom stereocenters. The van der Waals surface area contributed by atoms with Crippen LogP contribution in [0.1, 0.15) is 44.1 Å². The maximum atomic E-state index is 12.5. The molecule has 126 valence electrons. The second-order valence-corrected chi connectivity index (χ2v) is 6.85. The highest BCUT2D eigenvalue weighted by Gasteiger charge is 2.31. The van der Waals surface area contributed by atoms with Gasteiger partial charge in [-0.3, -0.25) is 9.69 Å². The number of amides is 1. The average Bonchev–Trinajstić information content (AvgIpc) is 2.78. The van der Waals surface area contributed by atoms with Crippen LogP contribution in [0.15, 0.2) is 30.3 Å². The van der Waals surface area contributed by atoms with Gasteiger partial charge in [0.25, 0.3) is 0 Å². The first kappa shape index (κ1) is 16.5. The maximum Gasteiger partial charge on any atom is 0.222 e. The predicted molar refractivity (Wildman–Crippen MR) is 90.9 cm³/mol. The molecule has 3 rings (SSSR count). The van der Waals surface area contributed by atoms with E-state index in [4.69, 9.17) is 0 Å². The predicted octanol–water partition coefficient (Wildman–Crippen LogP) is 2.41. The number of likely N-dealkylation sites (tertiary alicyclic amines) is 2. The first-order valence-corrected chi connectivity index (χ1v) is 8.96. The zero-order valence-corrected chi connectivity index (χ0v) is 13.9. The Hall–Kier alpha value is -1.39. The minimum atomic E-state index is 0.248. The first-order valence-electron chi connectivity index (χ1n) is 8.96. The fourth-order valence-corrected chi connectivity index (χ4v) is 4.02. The van der Waals surface area contributed by atoms with Crippen molar-refractivity contribution >= 4 is 5.91 Å². The topological polar surface area (TPSA) is 43.8 Å². The molecule has 23 heavy (non-hydrogen) atoms. The van der Waals surface area contributed by atoms with Gasteiger partial charge >= 0.3 is 0 Å². The monoisotopic (exact) mass is 316 g/mol. The molecule has 0 saturated carbocycles. The summed E-state index contributed by atoms with van der Waals surface area (Å²) in [4.78, 5) is 16.9. The number of nitrogens with zero attached hydrogens (tertiary/aromatic N) is 2. The zero-order chi connectivity index (χ0) is 16.1. The van der Waals surface area contributed by atoms with Gasteiger partial charge in [0.05, 0.1) is 6.61 Å². The molecule has 0 aliphatic carbocycles. The highest BCUT2D eigenvalue weighted by molar-refractivity contribution is 5.76. The number of piperidine rings is 1. The number of aliphatic hydroxyl groups excluding tert-OH is 1. The van der Waals surface area contributed by atoms with Gasteiger partial charge in [0, 0.05) is 31.6 Å². The van der Waals surface area contributed by atoms with Crippen LogP contribution in [0.25, 0.3) is 0 Å². The maximum absolute atomic E-state index is 12.5. The third-order valence-electron chi connectivity index (χ3n) is 5.35. The van der Waals surface area contributed by atoms with E-state index in [1.54, 1.807) is 0 Å². The van der Waals surface area contributed by atoms with Crippen molar-refractivity contribution in [3.63, 3.8) is 0 Å². The highest BCUT2D eigenvalue weighted by atomic mass is 16.3. The van der Waals surface area contributed by atoms with E-state index in [1.807, 2.05) is 23.1 Å². The smallest absolute Gasteiger partial charge is 0.222 e. The summed E-state index contributed by atoms with van der Waals surface area (Å²) in [6.45, 7) is 2.86. The van der Waals surface area contributed by atoms with Crippen molar-refractivity contribution in [1.29, 1.82) is 0 Å². The molecule has 2 aliphatic heterocycles. The number of benzene rings is 1. The molecule has 1 N–H and O–H groups in total. The van der Waals surface area contributed by atoms with Gasteiger partial charge in [-0.05, 0) is 37.8 Å². The van der Waals surface area contributed by atoms with Gasteiger partial charge in [-0.2, -0.15) is 0 Å². The molecule has 2 saturated heterocycles. The second kappa shape index (κ2) is 7.93. The van der Waals surface area contributed by atoms with Crippen molar-refractivity contribution in [1.82, 2.24) is 9.80 Å². The standard InChI is InChI=1S/C19H28N2O2/c22-15-18-8-4-5-12-21(18)17-9-10-19(23)20(13-11-17)14-16-6-2-1-3-7-16/h1-3,6-7,17-18,22H,4-5,8-15H2. The summed E-state index contributed by atoms with van der Waals surface area (Å²) in [5, 5.41) is 9.64. The molecule has 2 atom stereocenters.